The van der Waals surface area contributed by atoms with E-state index in [4.69, 9.17) is 16.3 Å². The fourth-order valence-electron chi connectivity index (χ4n) is 2.41. The number of amides is 1. The van der Waals surface area contributed by atoms with Crippen molar-refractivity contribution in [2.24, 2.45) is 0 Å². The number of rotatable bonds is 5. The molecule has 1 aromatic carbocycles. The fourth-order valence-corrected chi connectivity index (χ4v) is 3.08. The second kappa shape index (κ2) is 7.85. The summed E-state index contributed by atoms with van der Waals surface area (Å²) in [7, 11) is 0. The van der Waals surface area contributed by atoms with Crippen LogP contribution >= 0.6 is 23.1 Å². The number of nitrogens with one attached hydrogen (secondary N) is 1. The Kier molecular flexibility index (Phi) is 5.52. The first-order valence-corrected chi connectivity index (χ1v) is 9.20. The summed E-state index contributed by atoms with van der Waals surface area (Å²) in [6.07, 6.45) is 0. The van der Waals surface area contributed by atoms with Crippen LogP contribution < -0.4 is 5.32 Å². The molecule has 0 aliphatic rings. The van der Waals surface area contributed by atoms with Crippen molar-refractivity contribution in [2.45, 2.75) is 20.8 Å². The number of hydrogen-bond donors (Lipinski definition) is 1. The van der Waals surface area contributed by atoms with E-state index in [1.165, 1.54) is 0 Å². The Morgan fingerprint density at radius 2 is 1.96 bits per heavy atom. The molecule has 0 bridgehead atoms. The van der Waals surface area contributed by atoms with Crippen LogP contribution in [0.3, 0.4) is 0 Å². The predicted octanol–water partition coefficient (Wildman–Crippen LogP) is 3.42. The summed E-state index contributed by atoms with van der Waals surface area (Å²) >= 11 is 7.09. The second-order valence-corrected chi connectivity index (χ2v) is 6.70. The van der Waals surface area contributed by atoms with Gasteiger partial charge in [-0.3, -0.25) is 4.79 Å². The van der Waals surface area contributed by atoms with E-state index >= 15 is 0 Å². The van der Waals surface area contributed by atoms with E-state index in [1.54, 1.807) is 35.9 Å². The van der Waals surface area contributed by atoms with Gasteiger partial charge in [-0.1, -0.05) is 16.1 Å². The zero-order chi connectivity index (χ0) is 19.6. The lowest BCUT2D eigenvalue weighted by Gasteiger charge is -2.07. The van der Waals surface area contributed by atoms with Crippen LogP contribution in [0.5, 0.6) is 0 Å². The monoisotopic (exact) mass is 405 g/mol. The maximum Gasteiger partial charge on any atom is 0.362 e. The average molecular weight is 406 g/mol. The maximum atomic E-state index is 12.5. The van der Waals surface area contributed by atoms with Crippen molar-refractivity contribution >= 4 is 40.0 Å². The van der Waals surface area contributed by atoms with Gasteiger partial charge in [0.15, 0.2) is 5.00 Å². The number of ether oxygens (including phenoxy) is 1. The molecule has 1 amide bonds. The highest BCUT2D eigenvalue weighted by atomic mass is 35.5. The zero-order valence-electron chi connectivity index (χ0n) is 14.8. The molecule has 0 saturated carbocycles. The highest BCUT2D eigenvalue weighted by Crippen LogP contribution is 2.23. The first-order chi connectivity index (χ1) is 12.9. The number of halogens is 1. The number of aryl methyl sites for hydroxylation is 1. The van der Waals surface area contributed by atoms with Crippen LogP contribution in [0.1, 0.15) is 39.2 Å². The van der Waals surface area contributed by atoms with Crippen molar-refractivity contribution in [3.63, 3.8) is 0 Å². The number of carbonyl (C=O) groups excluding carboxylic acids is 2. The number of esters is 1. The highest BCUT2D eigenvalue weighted by molar-refractivity contribution is 7.10. The van der Waals surface area contributed by atoms with Gasteiger partial charge in [0.25, 0.3) is 5.91 Å². The Morgan fingerprint density at radius 3 is 2.56 bits per heavy atom. The Bertz CT molecular complexity index is 997. The summed E-state index contributed by atoms with van der Waals surface area (Å²) in [6, 6.07) is 6.85. The third-order valence-corrected chi connectivity index (χ3v) is 4.95. The van der Waals surface area contributed by atoms with Crippen LogP contribution in [0.15, 0.2) is 24.3 Å². The van der Waals surface area contributed by atoms with Crippen molar-refractivity contribution in [2.75, 3.05) is 11.9 Å². The predicted molar refractivity (Wildman–Crippen MR) is 102 cm³/mol. The summed E-state index contributed by atoms with van der Waals surface area (Å²) in [5.41, 5.74) is 2.74. The van der Waals surface area contributed by atoms with E-state index in [-0.39, 0.29) is 23.2 Å². The van der Waals surface area contributed by atoms with Gasteiger partial charge in [0.05, 0.1) is 28.7 Å². The summed E-state index contributed by atoms with van der Waals surface area (Å²) < 4.78 is 10.3. The van der Waals surface area contributed by atoms with Crippen LogP contribution in [0.2, 0.25) is 5.02 Å². The molecule has 0 atom stereocenters. The summed E-state index contributed by atoms with van der Waals surface area (Å²) in [4.78, 5) is 24.3. The minimum Gasteiger partial charge on any atom is -0.461 e. The molecule has 0 fully saturated rings. The van der Waals surface area contributed by atoms with Crippen LogP contribution in [0, 0.1) is 13.8 Å². The summed E-state index contributed by atoms with van der Waals surface area (Å²) in [5, 5.41) is 11.6. The summed E-state index contributed by atoms with van der Waals surface area (Å²) in [6.45, 7) is 5.60. The molecule has 0 aliphatic heterocycles. The molecular formula is C17H16ClN5O3S. The molecule has 0 unspecified atom stereocenters. The van der Waals surface area contributed by atoms with E-state index in [1.807, 2.05) is 13.8 Å². The minimum atomic E-state index is -0.627. The van der Waals surface area contributed by atoms with Gasteiger partial charge in [0, 0.05) is 17.1 Å². The van der Waals surface area contributed by atoms with Crippen LogP contribution in [-0.4, -0.2) is 37.9 Å². The number of benzene rings is 1. The summed E-state index contributed by atoms with van der Waals surface area (Å²) in [5.74, 6) is -1.01. The fraction of sp³-hybridized carbons (Fsp3) is 0.235. The third-order valence-electron chi connectivity index (χ3n) is 3.76. The number of hydrogen-bond acceptors (Lipinski definition) is 7. The molecule has 0 saturated heterocycles. The molecule has 3 aromatic rings. The molecule has 0 spiro atoms. The lowest BCUT2D eigenvalue weighted by molar-refractivity contribution is 0.0520. The van der Waals surface area contributed by atoms with Crippen LogP contribution in [-0.2, 0) is 4.74 Å². The Morgan fingerprint density at radius 1 is 1.26 bits per heavy atom. The highest BCUT2D eigenvalue weighted by Gasteiger charge is 2.20. The lowest BCUT2D eigenvalue weighted by Crippen LogP contribution is -2.15. The van der Waals surface area contributed by atoms with Crippen LogP contribution in [0.4, 0.5) is 5.00 Å². The molecule has 2 heterocycles. The average Bonchev–Trinajstić information content (AvgIpc) is 3.22. The van der Waals surface area contributed by atoms with Crippen molar-refractivity contribution in [3.05, 3.63) is 51.9 Å². The van der Waals surface area contributed by atoms with Crippen molar-refractivity contribution < 1.29 is 14.3 Å². The first kappa shape index (κ1) is 19.0. The molecule has 10 heteroatoms. The topological polar surface area (TPSA) is 99.0 Å². The molecular weight excluding hydrogens is 390 g/mol. The Labute approximate surface area is 164 Å². The van der Waals surface area contributed by atoms with E-state index in [2.05, 4.69) is 20.0 Å². The third kappa shape index (κ3) is 3.83. The smallest absolute Gasteiger partial charge is 0.362 e. The van der Waals surface area contributed by atoms with E-state index < -0.39 is 5.97 Å². The molecule has 3 rings (SSSR count). The SMILES string of the molecule is CCOC(=O)c1nnsc1NC(=O)c1ccc(-n2nc(C)c(Cl)c2C)cc1. The second-order valence-electron chi connectivity index (χ2n) is 5.57. The molecule has 2 aromatic heterocycles. The van der Waals surface area contributed by atoms with Crippen molar-refractivity contribution in [1.29, 1.82) is 0 Å². The van der Waals surface area contributed by atoms with Gasteiger partial charge < -0.3 is 10.1 Å². The molecule has 8 nitrogen and oxygen atoms in total. The number of aromatic nitrogens is 4. The quantitative estimate of drug-likeness (QED) is 0.653. The van der Waals surface area contributed by atoms with Gasteiger partial charge >= 0.3 is 5.97 Å². The van der Waals surface area contributed by atoms with Gasteiger partial charge in [-0.25, -0.2) is 9.48 Å². The van der Waals surface area contributed by atoms with Gasteiger partial charge in [0.2, 0.25) is 5.69 Å². The lowest BCUT2D eigenvalue weighted by atomic mass is 10.2. The van der Waals surface area contributed by atoms with Gasteiger partial charge in [0.1, 0.15) is 0 Å². The van der Waals surface area contributed by atoms with E-state index in [9.17, 15) is 9.59 Å². The van der Waals surface area contributed by atoms with E-state index in [0.717, 1.165) is 28.6 Å². The molecule has 1 N–H and O–H groups in total. The van der Waals surface area contributed by atoms with E-state index in [0.29, 0.717) is 10.6 Å². The molecule has 140 valence electrons. The number of carbonyl (C=O) groups is 2. The zero-order valence-corrected chi connectivity index (χ0v) is 16.4. The standard InChI is InChI=1S/C17H16ClN5O3S/c1-4-26-17(25)14-16(27-22-20-14)19-15(24)11-5-7-12(8-6-11)23-10(3)13(18)9(2)21-23/h5-8H,4H2,1-3H3,(H,19,24). The van der Waals surface area contributed by atoms with Gasteiger partial charge in [-0.2, -0.15) is 5.10 Å². The van der Waals surface area contributed by atoms with Crippen molar-refractivity contribution in [1.82, 2.24) is 19.4 Å². The molecule has 0 aliphatic carbocycles. The number of anilines is 1. The number of nitrogens with zero attached hydrogens (tertiary/aromatic N) is 4. The van der Waals surface area contributed by atoms with Gasteiger partial charge in [-0.05, 0) is 45.0 Å². The first-order valence-electron chi connectivity index (χ1n) is 8.05. The minimum absolute atomic E-state index is 0.0101. The normalized spacial score (nSPS) is 10.7. The van der Waals surface area contributed by atoms with Crippen molar-refractivity contribution in [3.8, 4) is 5.69 Å². The largest absolute Gasteiger partial charge is 0.461 e. The molecule has 0 radical (unpaired) electrons. The van der Waals surface area contributed by atoms with Crippen LogP contribution in [0.25, 0.3) is 5.69 Å². The van der Waals surface area contributed by atoms with Gasteiger partial charge in [-0.15, -0.1) is 5.10 Å². The Balaban J connectivity index is 1.78. The maximum absolute atomic E-state index is 12.5. The Hall–Kier alpha value is -2.78. The molecule has 27 heavy (non-hydrogen) atoms.